The summed E-state index contributed by atoms with van der Waals surface area (Å²) in [6.07, 6.45) is 6.85. The van der Waals surface area contributed by atoms with Gasteiger partial charge in [0.15, 0.2) is 5.65 Å². The number of aromatic nitrogens is 6. The van der Waals surface area contributed by atoms with E-state index >= 15 is 0 Å². The number of fused-ring (bicyclic) bond motifs is 2. The Bertz CT molecular complexity index is 1230. The standard InChI is InChI=1S/C23H29N7S/c1-12(2)19-20(15-8-14(5)22-24-11-25-30(22)10-15)28-29-21(19)23-27-17-7-6-16(26-13(3)4)9-18(17)31-23/h8,10-13,16,26H,6-7,9H2,1-5H3,(H,28,29). The van der Waals surface area contributed by atoms with E-state index in [1.165, 1.54) is 16.1 Å². The number of hydrogen-bond acceptors (Lipinski definition) is 6. The average molecular weight is 436 g/mol. The lowest BCUT2D eigenvalue weighted by Gasteiger charge is -2.24. The average Bonchev–Trinajstić information content (AvgIpc) is 3.43. The van der Waals surface area contributed by atoms with Crippen LogP contribution in [0, 0.1) is 6.92 Å². The van der Waals surface area contributed by atoms with Crippen molar-refractivity contribution in [2.24, 2.45) is 0 Å². The van der Waals surface area contributed by atoms with Gasteiger partial charge >= 0.3 is 0 Å². The number of rotatable bonds is 5. The van der Waals surface area contributed by atoms with E-state index in [2.05, 4.69) is 61.2 Å². The predicted molar refractivity (Wildman–Crippen MR) is 125 cm³/mol. The normalized spacial score (nSPS) is 16.5. The van der Waals surface area contributed by atoms with Crippen molar-refractivity contribution < 1.29 is 0 Å². The Balaban J connectivity index is 1.54. The zero-order chi connectivity index (χ0) is 21.7. The van der Waals surface area contributed by atoms with Crippen molar-refractivity contribution >= 4 is 17.0 Å². The van der Waals surface area contributed by atoms with Crippen LogP contribution in [0.5, 0.6) is 0 Å². The molecule has 1 atom stereocenters. The van der Waals surface area contributed by atoms with Gasteiger partial charge in [-0.15, -0.1) is 11.3 Å². The van der Waals surface area contributed by atoms with Gasteiger partial charge in [-0.05, 0) is 43.7 Å². The summed E-state index contributed by atoms with van der Waals surface area (Å²) in [7, 11) is 0. The molecule has 0 bridgehead atoms. The Morgan fingerprint density at radius 2 is 2.10 bits per heavy atom. The second-order valence-electron chi connectivity index (χ2n) is 9.11. The molecule has 5 rings (SSSR count). The van der Waals surface area contributed by atoms with E-state index in [0.29, 0.717) is 18.0 Å². The quantitative estimate of drug-likeness (QED) is 0.481. The van der Waals surface area contributed by atoms with E-state index in [-0.39, 0.29) is 0 Å². The van der Waals surface area contributed by atoms with Crippen LogP contribution < -0.4 is 5.32 Å². The molecule has 2 N–H and O–H groups in total. The van der Waals surface area contributed by atoms with Gasteiger partial charge in [-0.3, -0.25) is 5.10 Å². The summed E-state index contributed by atoms with van der Waals surface area (Å²) < 4.78 is 1.83. The molecule has 0 fully saturated rings. The van der Waals surface area contributed by atoms with E-state index in [4.69, 9.17) is 10.1 Å². The molecule has 0 radical (unpaired) electrons. The van der Waals surface area contributed by atoms with Crippen LogP contribution in [0.25, 0.3) is 27.6 Å². The highest BCUT2D eigenvalue weighted by molar-refractivity contribution is 7.15. The molecule has 0 spiro atoms. The summed E-state index contributed by atoms with van der Waals surface area (Å²) in [5.41, 5.74) is 7.50. The number of hydrogen-bond donors (Lipinski definition) is 2. The van der Waals surface area contributed by atoms with Gasteiger partial charge in [0, 0.05) is 34.3 Å². The fourth-order valence-electron chi connectivity index (χ4n) is 4.61. The largest absolute Gasteiger partial charge is 0.311 e. The Hall–Kier alpha value is -2.58. The number of H-pyrrole nitrogens is 1. The highest BCUT2D eigenvalue weighted by Gasteiger charge is 2.27. The molecule has 0 saturated heterocycles. The smallest absolute Gasteiger partial charge is 0.158 e. The molecule has 4 aromatic heterocycles. The van der Waals surface area contributed by atoms with Gasteiger partial charge in [-0.25, -0.2) is 14.5 Å². The number of aromatic amines is 1. The summed E-state index contributed by atoms with van der Waals surface area (Å²) in [5, 5.41) is 17.1. The molecule has 0 amide bonds. The molecule has 7 nitrogen and oxygen atoms in total. The molecule has 0 aromatic carbocycles. The van der Waals surface area contributed by atoms with Crippen LogP contribution in [0.2, 0.25) is 0 Å². The minimum atomic E-state index is 0.312. The Labute approximate surface area is 186 Å². The van der Waals surface area contributed by atoms with Gasteiger partial charge in [-0.1, -0.05) is 27.7 Å². The maximum atomic E-state index is 5.04. The van der Waals surface area contributed by atoms with Gasteiger partial charge in [0.05, 0.1) is 17.1 Å². The van der Waals surface area contributed by atoms with Crippen molar-refractivity contribution in [2.75, 3.05) is 0 Å². The van der Waals surface area contributed by atoms with Crippen LogP contribution in [0.15, 0.2) is 18.6 Å². The fourth-order valence-corrected chi connectivity index (χ4v) is 5.81. The molecule has 4 heterocycles. The lowest BCUT2D eigenvalue weighted by atomic mass is 9.96. The summed E-state index contributed by atoms with van der Waals surface area (Å²) >= 11 is 1.82. The van der Waals surface area contributed by atoms with Gasteiger partial charge in [0.2, 0.25) is 0 Å². The van der Waals surface area contributed by atoms with E-state index in [1.807, 2.05) is 22.0 Å². The fraction of sp³-hybridized carbons (Fsp3) is 0.478. The molecule has 1 unspecified atom stereocenters. The summed E-state index contributed by atoms with van der Waals surface area (Å²) in [6, 6.07) is 3.19. The molecule has 162 valence electrons. The maximum absolute atomic E-state index is 5.04. The number of nitrogens with one attached hydrogen (secondary N) is 2. The minimum Gasteiger partial charge on any atom is -0.311 e. The molecule has 1 aliphatic carbocycles. The number of thiazole rings is 1. The Morgan fingerprint density at radius 1 is 1.26 bits per heavy atom. The minimum absolute atomic E-state index is 0.312. The van der Waals surface area contributed by atoms with Gasteiger partial charge in [0.1, 0.15) is 11.3 Å². The van der Waals surface area contributed by atoms with E-state index in [9.17, 15) is 0 Å². The zero-order valence-corrected chi connectivity index (χ0v) is 19.5. The van der Waals surface area contributed by atoms with E-state index in [0.717, 1.165) is 52.4 Å². The third-order valence-electron chi connectivity index (χ3n) is 5.94. The summed E-state index contributed by atoms with van der Waals surface area (Å²) in [5.74, 6) is 0.312. The van der Waals surface area contributed by atoms with Crippen molar-refractivity contribution in [3.63, 3.8) is 0 Å². The first kappa shape index (κ1) is 20.3. The SMILES string of the molecule is Cc1cc(-c2n[nH]c(-c3nc4c(s3)CC(NC(C)C)CC4)c2C(C)C)cn2ncnc12. The zero-order valence-electron chi connectivity index (χ0n) is 18.7. The third kappa shape index (κ3) is 3.68. The van der Waals surface area contributed by atoms with Crippen LogP contribution in [0.3, 0.4) is 0 Å². The highest BCUT2D eigenvalue weighted by Crippen LogP contribution is 2.39. The molecular weight excluding hydrogens is 406 g/mol. The van der Waals surface area contributed by atoms with Crippen molar-refractivity contribution in [1.82, 2.24) is 35.1 Å². The monoisotopic (exact) mass is 435 g/mol. The molecule has 31 heavy (non-hydrogen) atoms. The van der Waals surface area contributed by atoms with Crippen LogP contribution in [-0.2, 0) is 12.8 Å². The lowest BCUT2D eigenvalue weighted by molar-refractivity contribution is 0.422. The first-order valence-corrected chi connectivity index (χ1v) is 11.9. The van der Waals surface area contributed by atoms with Crippen molar-refractivity contribution in [3.05, 3.63) is 40.3 Å². The third-order valence-corrected chi connectivity index (χ3v) is 7.07. The molecule has 0 aliphatic heterocycles. The topological polar surface area (TPSA) is 83.8 Å². The Morgan fingerprint density at radius 3 is 2.87 bits per heavy atom. The predicted octanol–water partition coefficient (Wildman–Crippen LogP) is 4.53. The Kier molecular flexibility index (Phi) is 5.14. The van der Waals surface area contributed by atoms with Gasteiger partial charge in [0.25, 0.3) is 0 Å². The molecule has 8 heteroatoms. The van der Waals surface area contributed by atoms with Crippen LogP contribution in [-0.4, -0.2) is 41.9 Å². The van der Waals surface area contributed by atoms with Crippen LogP contribution >= 0.6 is 11.3 Å². The second-order valence-corrected chi connectivity index (χ2v) is 10.2. The number of aryl methyl sites for hydroxylation is 2. The molecule has 4 aromatic rings. The maximum Gasteiger partial charge on any atom is 0.158 e. The number of nitrogens with zero attached hydrogens (tertiary/aromatic N) is 5. The first-order valence-electron chi connectivity index (χ1n) is 11.0. The van der Waals surface area contributed by atoms with E-state index in [1.54, 1.807) is 6.33 Å². The second kappa shape index (κ2) is 7.84. The van der Waals surface area contributed by atoms with Crippen LogP contribution in [0.1, 0.15) is 61.7 Å². The first-order chi connectivity index (χ1) is 14.9. The molecule has 0 saturated carbocycles. The van der Waals surface area contributed by atoms with Gasteiger partial charge < -0.3 is 5.32 Å². The summed E-state index contributed by atoms with van der Waals surface area (Å²) in [6.45, 7) is 10.9. The molecular formula is C23H29N7S. The van der Waals surface area contributed by atoms with Gasteiger partial charge in [-0.2, -0.15) is 10.2 Å². The highest BCUT2D eigenvalue weighted by atomic mass is 32.1. The van der Waals surface area contributed by atoms with Crippen molar-refractivity contribution in [2.45, 2.75) is 71.9 Å². The van der Waals surface area contributed by atoms with Crippen molar-refractivity contribution in [1.29, 1.82) is 0 Å². The van der Waals surface area contributed by atoms with Crippen LogP contribution in [0.4, 0.5) is 0 Å². The lowest BCUT2D eigenvalue weighted by Crippen LogP contribution is -2.38. The summed E-state index contributed by atoms with van der Waals surface area (Å²) in [4.78, 5) is 10.8. The molecule has 1 aliphatic rings. The van der Waals surface area contributed by atoms with Crippen molar-refractivity contribution in [3.8, 4) is 22.0 Å². The van der Waals surface area contributed by atoms with E-state index < -0.39 is 0 Å². The number of pyridine rings is 1.